The normalized spacial score (nSPS) is 18.4. The van der Waals surface area contributed by atoms with Gasteiger partial charge in [0.1, 0.15) is 5.37 Å². The topological polar surface area (TPSA) is 50.8 Å². The molecule has 1 saturated heterocycles. The molecule has 2 heterocycles. The Hall–Kier alpha value is -1.99. The molecular formula is C18H18N2O3S2. The summed E-state index contributed by atoms with van der Waals surface area (Å²) in [5.74, 6) is 2.42. The number of thioether (sulfide) groups is 2. The van der Waals surface area contributed by atoms with Crippen LogP contribution in [0.5, 0.6) is 11.5 Å². The maximum Gasteiger partial charge on any atom is 0.323 e. The quantitative estimate of drug-likeness (QED) is 0.806. The zero-order chi connectivity index (χ0) is 17.2. The number of nitrogens with zero attached hydrogens (tertiary/aromatic N) is 1. The van der Waals surface area contributed by atoms with Crippen molar-refractivity contribution in [1.82, 2.24) is 4.90 Å². The van der Waals surface area contributed by atoms with E-state index >= 15 is 0 Å². The number of nitrogens with one attached hydrogen (secondary N) is 1. The van der Waals surface area contributed by atoms with Crippen LogP contribution >= 0.6 is 23.5 Å². The molecule has 4 rings (SSSR count). The maximum absolute atomic E-state index is 12.7. The first-order chi connectivity index (χ1) is 12.2. The minimum Gasteiger partial charge on any atom is -0.454 e. The standard InChI is InChI=1S/C18H18N2O3S2/c1-24-14-5-3-13(4-6-14)19-18(21)20-8-9-25-17(20)12-2-7-15-16(10-12)23-11-22-15/h2-7,10,17H,8-9,11H2,1H3,(H,19,21). The molecule has 1 fully saturated rings. The number of hydrogen-bond donors (Lipinski definition) is 1. The molecule has 2 aromatic carbocycles. The van der Waals surface area contributed by atoms with Gasteiger partial charge in [-0.15, -0.1) is 23.5 Å². The molecule has 1 N–H and O–H groups in total. The third kappa shape index (κ3) is 3.39. The second kappa shape index (κ2) is 7.09. The van der Waals surface area contributed by atoms with Crippen LogP contribution in [-0.2, 0) is 0 Å². The lowest BCUT2D eigenvalue weighted by Gasteiger charge is -2.24. The Morgan fingerprint density at radius 3 is 2.80 bits per heavy atom. The minimum atomic E-state index is -0.0791. The van der Waals surface area contributed by atoms with Crippen molar-refractivity contribution in [3.8, 4) is 11.5 Å². The van der Waals surface area contributed by atoms with Crippen molar-refractivity contribution in [1.29, 1.82) is 0 Å². The van der Waals surface area contributed by atoms with Gasteiger partial charge in [-0.2, -0.15) is 0 Å². The van der Waals surface area contributed by atoms with Crippen LogP contribution in [0, 0.1) is 0 Å². The average Bonchev–Trinajstić information content (AvgIpc) is 3.30. The number of benzene rings is 2. The van der Waals surface area contributed by atoms with Crippen LogP contribution < -0.4 is 14.8 Å². The lowest BCUT2D eigenvalue weighted by atomic mass is 10.2. The zero-order valence-electron chi connectivity index (χ0n) is 13.7. The fraction of sp³-hybridized carbons (Fsp3) is 0.278. The summed E-state index contributed by atoms with van der Waals surface area (Å²) >= 11 is 3.44. The summed E-state index contributed by atoms with van der Waals surface area (Å²) in [6.07, 6.45) is 2.03. The Kier molecular flexibility index (Phi) is 4.67. The molecule has 2 amide bonds. The first kappa shape index (κ1) is 16.5. The summed E-state index contributed by atoms with van der Waals surface area (Å²) in [5, 5.41) is 2.98. The number of fused-ring (bicyclic) bond motifs is 1. The molecule has 1 unspecified atom stereocenters. The van der Waals surface area contributed by atoms with E-state index in [-0.39, 0.29) is 18.2 Å². The summed E-state index contributed by atoms with van der Waals surface area (Å²) in [6, 6.07) is 13.7. The molecule has 25 heavy (non-hydrogen) atoms. The second-order valence-electron chi connectivity index (χ2n) is 5.69. The van der Waals surface area contributed by atoms with Crippen LogP contribution in [-0.4, -0.2) is 36.3 Å². The van der Waals surface area contributed by atoms with Crippen molar-refractivity contribution >= 4 is 35.2 Å². The molecule has 2 aliphatic heterocycles. The van der Waals surface area contributed by atoms with E-state index in [4.69, 9.17) is 9.47 Å². The monoisotopic (exact) mass is 374 g/mol. The van der Waals surface area contributed by atoms with E-state index < -0.39 is 0 Å². The zero-order valence-corrected chi connectivity index (χ0v) is 15.4. The van der Waals surface area contributed by atoms with Crippen molar-refractivity contribution in [2.45, 2.75) is 10.3 Å². The fourth-order valence-corrected chi connectivity index (χ4v) is 4.54. The fourth-order valence-electron chi connectivity index (χ4n) is 2.89. The third-order valence-corrected chi connectivity index (χ3v) is 6.18. The molecule has 1 atom stereocenters. The van der Waals surface area contributed by atoms with Gasteiger partial charge in [-0.1, -0.05) is 6.07 Å². The van der Waals surface area contributed by atoms with E-state index in [0.29, 0.717) is 0 Å². The van der Waals surface area contributed by atoms with Crippen LogP contribution in [0.4, 0.5) is 10.5 Å². The van der Waals surface area contributed by atoms with Crippen LogP contribution in [0.15, 0.2) is 47.4 Å². The largest absolute Gasteiger partial charge is 0.454 e. The average molecular weight is 374 g/mol. The highest BCUT2D eigenvalue weighted by Crippen LogP contribution is 2.42. The number of amides is 2. The van der Waals surface area contributed by atoms with Gasteiger partial charge < -0.3 is 19.7 Å². The van der Waals surface area contributed by atoms with E-state index in [2.05, 4.69) is 5.32 Å². The predicted molar refractivity (Wildman–Crippen MR) is 102 cm³/mol. The van der Waals surface area contributed by atoms with E-state index in [1.54, 1.807) is 23.5 Å². The smallest absolute Gasteiger partial charge is 0.323 e. The predicted octanol–water partition coefficient (Wildman–Crippen LogP) is 4.42. The number of ether oxygens (including phenoxy) is 2. The van der Waals surface area contributed by atoms with Crippen LogP contribution in [0.1, 0.15) is 10.9 Å². The van der Waals surface area contributed by atoms with Crippen LogP contribution in [0.25, 0.3) is 0 Å². The Bertz CT molecular complexity index is 782. The van der Waals surface area contributed by atoms with Crippen molar-refractivity contribution in [3.05, 3.63) is 48.0 Å². The van der Waals surface area contributed by atoms with E-state index in [1.165, 1.54) is 4.90 Å². The van der Waals surface area contributed by atoms with Gasteiger partial charge in [0.25, 0.3) is 0 Å². The first-order valence-corrected chi connectivity index (χ1v) is 10.2. The Balaban J connectivity index is 1.49. The Labute approximate surface area is 155 Å². The van der Waals surface area contributed by atoms with E-state index in [0.717, 1.165) is 35.0 Å². The van der Waals surface area contributed by atoms with Crippen molar-refractivity contribution in [2.24, 2.45) is 0 Å². The molecule has 0 spiro atoms. The lowest BCUT2D eigenvalue weighted by molar-refractivity contribution is 0.174. The molecule has 0 radical (unpaired) electrons. The van der Waals surface area contributed by atoms with E-state index in [1.807, 2.05) is 53.6 Å². The van der Waals surface area contributed by atoms with Gasteiger partial charge in [-0.05, 0) is 48.2 Å². The molecule has 2 aromatic rings. The number of hydrogen-bond acceptors (Lipinski definition) is 5. The summed E-state index contributed by atoms with van der Waals surface area (Å²) in [5.41, 5.74) is 1.86. The summed E-state index contributed by atoms with van der Waals surface area (Å²) < 4.78 is 10.8. The van der Waals surface area contributed by atoms with Gasteiger partial charge in [0.2, 0.25) is 6.79 Å². The van der Waals surface area contributed by atoms with Crippen LogP contribution in [0.3, 0.4) is 0 Å². The maximum atomic E-state index is 12.7. The lowest BCUT2D eigenvalue weighted by Crippen LogP contribution is -2.34. The SMILES string of the molecule is CSc1ccc(NC(=O)N2CCSC2c2ccc3c(c2)OCO3)cc1. The minimum absolute atomic E-state index is 0.0139. The number of anilines is 1. The molecule has 0 saturated carbocycles. The summed E-state index contributed by atoms with van der Waals surface area (Å²) in [6.45, 7) is 0.978. The first-order valence-electron chi connectivity index (χ1n) is 7.97. The third-order valence-electron chi connectivity index (χ3n) is 4.17. The molecule has 0 aliphatic carbocycles. The molecular weight excluding hydrogens is 356 g/mol. The molecule has 0 aromatic heterocycles. The van der Waals surface area contributed by atoms with Gasteiger partial charge in [-0.3, -0.25) is 0 Å². The van der Waals surface area contributed by atoms with Gasteiger partial charge in [0.05, 0.1) is 0 Å². The van der Waals surface area contributed by atoms with Gasteiger partial charge in [0.15, 0.2) is 11.5 Å². The molecule has 0 bridgehead atoms. The Morgan fingerprint density at radius 1 is 1.20 bits per heavy atom. The van der Waals surface area contributed by atoms with Gasteiger partial charge in [0, 0.05) is 22.9 Å². The van der Waals surface area contributed by atoms with Crippen LogP contribution in [0.2, 0.25) is 0 Å². The second-order valence-corrected chi connectivity index (χ2v) is 7.76. The number of carbonyl (C=O) groups excluding carboxylic acids is 1. The number of carbonyl (C=O) groups is 1. The summed E-state index contributed by atoms with van der Waals surface area (Å²) in [4.78, 5) is 15.8. The van der Waals surface area contributed by atoms with Gasteiger partial charge >= 0.3 is 6.03 Å². The summed E-state index contributed by atoms with van der Waals surface area (Å²) in [7, 11) is 0. The molecule has 5 nitrogen and oxygen atoms in total. The number of urea groups is 1. The molecule has 2 aliphatic rings. The number of rotatable bonds is 3. The Morgan fingerprint density at radius 2 is 2.00 bits per heavy atom. The van der Waals surface area contributed by atoms with E-state index in [9.17, 15) is 4.79 Å². The van der Waals surface area contributed by atoms with Crippen molar-refractivity contribution in [2.75, 3.05) is 30.7 Å². The highest BCUT2D eigenvalue weighted by atomic mass is 32.2. The highest BCUT2D eigenvalue weighted by Gasteiger charge is 2.31. The molecule has 7 heteroatoms. The molecule has 130 valence electrons. The van der Waals surface area contributed by atoms with Crippen molar-refractivity contribution in [3.63, 3.8) is 0 Å². The highest BCUT2D eigenvalue weighted by molar-refractivity contribution is 7.99. The van der Waals surface area contributed by atoms with Gasteiger partial charge in [-0.25, -0.2) is 4.79 Å². The van der Waals surface area contributed by atoms with Crippen molar-refractivity contribution < 1.29 is 14.3 Å².